The van der Waals surface area contributed by atoms with Crippen LogP contribution in [0.3, 0.4) is 0 Å². The molecule has 1 aromatic heterocycles. The lowest BCUT2D eigenvalue weighted by Gasteiger charge is -2.18. The number of hydrogen-bond donors (Lipinski definition) is 2. The van der Waals surface area contributed by atoms with Crippen LogP contribution in [-0.4, -0.2) is 24.1 Å². The van der Waals surface area contributed by atoms with E-state index in [1.165, 1.54) is 0 Å². The average molecular weight is 239 g/mol. The largest absolute Gasteiger partial charge is 0.446 e. The van der Waals surface area contributed by atoms with Crippen molar-refractivity contribution in [2.75, 3.05) is 13.1 Å². The Kier molecular flexibility index (Phi) is 4.54. The van der Waals surface area contributed by atoms with Crippen LogP contribution in [0.4, 0.5) is 4.79 Å². The Bertz CT molecular complexity index is 366. The summed E-state index contributed by atoms with van der Waals surface area (Å²) in [5.41, 5.74) is 0.0943. The van der Waals surface area contributed by atoms with Gasteiger partial charge in [-0.15, -0.1) is 0 Å². The van der Waals surface area contributed by atoms with Crippen molar-refractivity contribution in [2.24, 2.45) is 5.41 Å². The van der Waals surface area contributed by atoms with E-state index in [0.29, 0.717) is 25.4 Å². The highest BCUT2D eigenvalue weighted by molar-refractivity contribution is 5.73. The summed E-state index contributed by atoms with van der Waals surface area (Å²) in [6.07, 6.45) is 2.28. The van der Waals surface area contributed by atoms with Gasteiger partial charge in [-0.05, 0) is 12.3 Å². The van der Waals surface area contributed by atoms with E-state index in [2.05, 4.69) is 36.4 Å². The van der Waals surface area contributed by atoms with E-state index in [1.54, 1.807) is 6.20 Å². The summed E-state index contributed by atoms with van der Waals surface area (Å²) in [5, 5.41) is 5.58. The van der Waals surface area contributed by atoms with Crippen molar-refractivity contribution >= 4 is 6.03 Å². The number of nitrogens with zero attached hydrogens (tertiary/aromatic N) is 1. The molecule has 5 nitrogen and oxygen atoms in total. The van der Waals surface area contributed by atoms with Gasteiger partial charge in [0.2, 0.25) is 0 Å². The van der Waals surface area contributed by atoms with Crippen molar-refractivity contribution in [3.8, 4) is 0 Å². The van der Waals surface area contributed by atoms with E-state index in [-0.39, 0.29) is 11.4 Å². The van der Waals surface area contributed by atoms with Crippen LogP contribution in [0.15, 0.2) is 10.6 Å². The molecular formula is C12H21N3O2. The Morgan fingerprint density at radius 2 is 2.12 bits per heavy atom. The predicted octanol–water partition coefficient (Wildman–Crippen LogP) is 1.87. The standard InChI is InChI=1S/C12H21N3O2/c1-9-7-14-10(17-9)5-6-13-11(16)15-8-12(2,3)4/h7H,5-6,8H2,1-4H3,(H2,13,15,16). The summed E-state index contributed by atoms with van der Waals surface area (Å²) in [6.45, 7) is 9.24. The Morgan fingerprint density at radius 3 is 2.65 bits per heavy atom. The third-order valence-electron chi connectivity index (χ3n) is 2.07. The molecule has 0 bridgehead atoms. The number of rotatable bonds is 4. The average Bonchev–Trinajstić information content (AvgIpc) is 2.60. The maximum absolute atomic E-state index is 11.4. The number of oxazole rings is 1. The maximum Gasteiger partial charge on any atom is 0.314 e. The van der Waals surface area contributed by atoms with Crippen LogP contribution in [0, 0.1) is 12.3 Å². The van der Waals surface area contributed by atoms with Crippen LogP contribution in [0.2, 0.25) is 0 Å². The van der Waals surface area contributed by atoms with Crippen LogP contribution in [-0.2, 0) is 6.42 Å². The van der Waals surface area contributed by atoms with Crippen LogP contribution in [0.5, 0.6) is 0 Å². The number of aryl methyl sites for hydroxylation is 1. The minimum absolute atomic E-state index is 0.0943. The van der Waals surface area contributed by atoms with Gasteiger partial charge in [0.15, 0.2) is 5.89 Å². The fourth-order valence-electron chi connectivity index (χ4n) is 1.21. The van der Waals surface area contributed by atoms with Crippen LogP contribution < -0.4 is 10.6 Å². The number of carbonyl (C=O) groups excluding carboxylic acids is 1. The molecule has 0 radical (unpaired) electrons. The van der Waals surface area contributed by atoms with Gasteiger partial charge in [0.25, 0.3) is 0 Å². The van der Waals surface area contributed by atoms with Gasteiger partial charge in [-0.1, -0.05) is 20.8 Å². The topological polar surface area (TPSA) is 67.2 Å². The van der Waals surface area contributed by atoms with E-state index in [1.807, 2.05) is 6.92 Å². The second kappa shape index (κ2) is 5.70. The summed E-state index contributed by atoms with van der Waals surface area (Å²) in [4.78, 5) is 15.5. The van der Waals surface area contributed by atoms with E-state index in [9.17, 15) is 4.79 Å². The number of nitrogens with one attached hydrogen (secondary N) is 2. The van der Waals surface area contributed by atoms with E-state index in [0.717, 1.165) is 5.76 Å². The van der Waals surface area contributed by atoms with Gasteiger partial charge in [0.1, 0.15) is 5.76 Å². The molecule has 0 aliphatic heterocycles. The SMILES string of the molecule is Cc1cnc(CCNC(=O)NCC(C)(C)C)o1. The molecule has 0 unspecified atom stereocenters. The first kappa shape index (κ1) is 13.5. The normalized spacial score (nSPS) is 11.3. The Morgan fingerprint density at radius 1 is 1.41 bits per heavy atom. The number of carbonyl (C=O) groups is 1. The van der Waals surface area contributed by atoms with Crippen molar-refractivity contribution < 1.29 is 9.21 Å². The minimum Gasteiger partial charge on any atom is -0.446 e. The molecule has 0 spiro atoms. The van der Waals surface area contributed by atoms with Crippen molar-refractivity contribution in [2.45, 2.75) is 34.1 Å². The second-order valence-electron chi connectivity index (χ2n) is 5.28. The lowest BCUT2D eigenvalue weighted by atomic mass is 9.97. The zero-order valence-electron chi connectivity index (χ0n) is 11.0. The smallest absolute Gasteiger partial charge is 0.314 e. The van der Waals surface area contributed by atoms with Crippen LogP contribution >= 0.6 is 0 Å². The highest BCUT2D eigenvalue weighted by atomic mass is 16.4. The Labute approximate surface area is 102 Å². The Hall–Kier alpha value is -1.52. The molecule has 2 N–H and O–H groups in total. The van der Waals surface area contributed by atoms with Gasteiger partial charge in [0.05, 0.1) is 6.20 Å². The molecule has 1 rings (SSSR count). The van der Waals surface area contributed by atoms with Crippen LogP contribution in [0.1, 0.15) is 32.4 Å². The highest BCUT2D eigenvalue weighted by Gasteiger charge is 2.11. The van der Waals surface area contributed by atoms with Gasteiger partial charge in [-0.25, -0.2) is 9.78 Å². The summed E-state index contributed by atoms with van der Waals surface area (Å²) < 4.78 is 5.30. The molecule has 0 fully saturated rings. The summed E-state index contributed by atoms with van der Waals surface area (Å²) in [5.74, 6) is 1.44. The van der Waals surface area contributed by atoms with Crippen molar-refractivity contribution in [1.82, 2.24) is 15.6 Å². The third-order valence-corrected chi connectivity index (χ3v) is 2.07. The quantitative estimate of drug-likeness (QED) is 0.843. The molecule has 0 atom stereocenters. The maximum atomic E-state index is 11.4. The monoisotopic (exact) mass is 239 g/mol. The van der Waals surface area contributed by atoms with Crippen LogP contribution in [0.25, 0.3) is 0 Å². The van der Waals surface area contributed by atoms with Gasteiger partial charge in [0, 0.05) is 19.5 Å². The summed E-state index contributed by atoms with van der Waals surface area (Å²) in [7, 11) is 0. The lowest BCUT2D eigenvalue weighted by molar-refractivity contribution is 0.235. The van der Waals surface area contributed by atoms with Gasteiger partial charge in [-0.2, -0.15) is 0 Å². The first-order valence-electron chi connectivity index (χ1n) is 5.80. The molecule has 5 heteroatoms. The highest BCUT2D eigenvalue weighted by Crippen LogP contribution is 2.09. The molecule has 2 amide bonds. The first-order valence-corrected chi connectivity index (χ1v) is 5.80. The van der Waals surface area contributed by atoms with Crippen molar-refractivity contribution in [3.05, 3.63) is 17.8 Å². The number of aromatic nitrogens is 1. The van der Waals surface area contributed by atoms with Crippen molar-refractivity contribution in [1.29, 1.82) is 0 Å². The number of urea groups is 1. The Balaban J connectivity index is 2.16. The molecule has 0 saturated heterocycles. The third kappa shape index (κ3) is 5.94. The second-order valence-corrected chi connectivity index (χ2v) is 5.28. The molecule has 1 heterocycles. The zero-order chi connectivity index (χ0) is 12.9. The molecule has 96 valence electrons. The minimum atomic E-state index is -0.150. The molecule has 0 aliphatic rings. The fraction of sp³-hybridized carbons (Fsp3) is 0.667. The molecule has 17 heavy (non-hydrogen) atoms. The van der Waals surface area contributed by atoms with Gasteiger partial charge < -0.3 is 15.1 Å². The number of hydrogen-bond acceptors (Lipinski definition) is 3. The number of amides is 2. The fourth-order valence-corrected chi connectivity index (χ4v) is 1.21. The first-order chi connectivity index (χ1) is 7.87. The van der Waals surface area contributed by atoms with E-state index in [4.69, 9.17) is 4.42 Å². The summed E-state index contributed by atoms with van der Waals surface area (Å²) in [6, 6.07) is -0.150. The van der Waals surface area contributed by atoms with Crippen molar-refractivity contribution in [3.63, 3.8) is 0 Å². The molecule has 0 saturated carbocycles. The molecule has 0 aromatic carbocycles. The zero-order valence-corrected chi connectivity index (χ0v) is 11.0. The summed E-state index contributed by atoms with van der Waals surface area (Å²) >= 11 is 0. The lowest BCUT2D eigenvalue weighted by Crippen LogP contribution is -2.40. The van der Waals surface area contributed by atoms with E-state index >= 15 is 0 Å². The predicted molar refractivity (Wildman–Crippen MR) is 65.8 cm³/mol. The molecule has 1 aromatic rings. The van der Waals surface area contributed by atoms with Gasteiger partial charge in [-0.3, -0.25) is 0 Å². The van der Waals surface area contributed by atoms with E-state index < -0.39 is 0 Å². The molecular weight excluding hydrogens is 218 g/mol. The molecule has 0 aliphatic carbocycles. The van der Waals surface area contributed by atoms with Gasteiger partial charge >= 0.3 is 6.03 Å².